The van der Waals surface area contributed by atoms with Gasteiger partial charge in [-0.3, -0.25) is 10.3 Å². The Morgan fingerprint density at radius 1 is 1.15 bits per heavy atom. The predicted octanol–water partition coefficient (Wildman–Crippen LogP) is 3.63. The summed E-state index contributed by atoms with van der Waals surface area (Å²) in [4.78, 5) is 18.4. The van der Waals surface area contributed by atoms with E-state index < -0.39 is 0 Å². The summed E-state index contributed by atoms with van der Waals surface area (Å²) in [6, 6.07) is 12.5. The average molecular weight is 379 g/mol. The number of amides is 2. The number of urea groups is 1. The summed E-state index contributed by atoms with van der Waals surface area (Å²) in [5, 5.41) is 21.4. The minimum atomic E-state index is -0.195. The Morgan fingerprint density at radius 2 is 2.00 bits per heavy atom. The molecule has 1 aromatic carbocycles. The van der Waals surface area contributed by atoms with Gasteiger partial charge >= 0.3 is 6.03 Å². The summed E-state index contributed by atoms with van der Waals surface area (Å²) in [6.45, 7) is 1.14. The second-order valence-electron chi connectivity index (χ2n) is 6.03. The molecule has 0 aliphatic carbocycles. The molecule has 4 rings (SSSR count). The van der Waals surface area contributed by atoms with E-state index in [4.69, 9.17) is 0 Å². The maximum absolute atomic E-state index is 12.5. The van der Waals surface area contributed by atoms with E-state index in [1.54, 1.807) is 23.2 Å². The van der Waals surface area contributed by atoms with E-state index >= 15 is 0 Å². The van der Waals surface area contributed by atoms with E-state index in [-0.39, 0.29) is 11.8 Å². The van der Waals surface area contributed by atoms with Crippen LogP contribution in [-0.2, 0) is 0 Å². The molecule has 0 fully saturated rings. The third-order valence-corrected chi connectivity index (χ3v) is 5.12. The lowest BCUT2D eigenvalue weighted by Crippen LogP contribution is -2.37. The van der Waals surface area contributed by atoms with E-state index in [0.717, 1.165) is 17.7 Å². The summed E-state index contributed by atoms with van der Waals surface area (Å²) in [6.07, 6.45) is 4.49. The lowest BCUT2D eigenvalue weighted by Gasteiger charge is -2.26. The van der Waals surface area contributed by atoms with Crippen molar-refractivity contribution in [3.63, 3.8) is 0 Å². The van der Waals surface area contributed by atoms with E-state index in [2.05, 4.69) is 20.5 Å². The lowest BCUT2D eigenvalue weighted by atomic mass is 9.99. The molecule has 0 radical (unpaired) electrons. The van der Waals surface area contributed by atoms with Crippen molar-refractivity contribution in [2.75, 3.05) is 18.4 Å². The number of nitrogens with zero attached hydrogens (tertiary/aromatic N) is 4. The molecule has 1 aliphatic heterocycles. The van der Waals surface area contributed by atoms with Gasteiger partial charge in [0.1, 0.15) is 11.4 Å². The van der Waals surface area contributed by atoms with Crippen molar-refractivity contribution in [1.82, 2.24) is 20.1 Å². The molecule has 0 bridgehead atoms. The fraction of sp³-hybridized carbons (Fsp3) is 0.158. The molecule has 27 heavy (non-hydrogen) atoms. The highest BCUT2D eigenvalue weighted by molar-refractivity contribution is 7.18. The Labute approximate surface area is 160 Å². The number of phenols is 1. The third kappa shape index (κ3) is 3.95. The van der Waals surface area contributed by atoms with Crippen LogP contribution < -0.4 is 5.32 Å². The Bertz CT molecular complexity index is 969. The van der Waals surface area contributed by atoms with Gasteiger partial charge in [-0.2, -0.15) is 0 Å². The van der Waals surface area contributed by atoms with Gasteiger partial charge in [0.15, 0.2) is 5.01 Å². The number of aromatic nitrogens is 3. The molecule has 136 valence electrons. The van der Waals surface area contributed by atoms with Crippen molar-refractivity contribution >= 4 is 28.1 Å². The van der Waals surface area contributed by atoms with Crippen molar-refractivity contribution in [2.24, 2.45) is 0 Å². The minimum Gasteiger partial charge on any atom is -0.508 e. The molecule has 2 aromatic heterocycles. The first-order valence-electron chi connectivity index (χ1n) is 8.48. The normalized spacial score (nSPS) is 13.9. The van der Waals surface area contributed by atoms with Crippen LogP contribution in [0.5, 0.6) is 5.75 Å². The number of carbonyl (C=O) groups excluding carboxylic acids is 1. The van der Waals surface area contributed by atoms with Gasteiger partial charge in [0.05, 0.1) is 0 Å². The van der Waals surface area contributed by atoms with Crippen LogP contribution in [0.15, 0.2) is 54.7 Å². The van der Waals surface area contributed by atoms with Gasteiger partial charge in [0, 0.05) is 19.3 Å². The van der Waals surface area contributed by atoms with E-state index in [0.29, 0.717) is 23.2 Å². The van der Waals surface area contributed by atoms with Gasteiger partial charge in [-0.1, -0.05) is 35.6 Å². The smallest absolute Gasteiger partial charge is 0.323 e. The molecular weight excluding hydrogens is 362 g/mol. The summed E-state index contributed by atoms with van der Waals surface area (Å²) in [5.41, 5.74) is 2.97. The number of pyridine rings is 1. The summed E-state index contributed by atoms with van der Waals surface area (Å²) < 4.78 is 0. The van der Waals surface area contributed by atoms with Crippen LogP contribution in [0.2, 0.25) is 0 Å². The van der Waals surface area contributed by atoms with Crippen LogP contribution in [0.25, 0.3) is 16.3 Å². The van der Waals surface area contributed by atoms with Crippen molar-refractivity contribution in [2.45, 2.75) is 6.42 Å². The quantitative estimate of drug-likeness (QED) is 0.725. The molecule has 3 aromatic rings. The Hall–Kier alpha value is -3.26. The average Bonchev–Trinajstić information content (AvgIpc) is 3.18. The van der Waals surface area contributed by atoms with E-state index in [1.165, 1.54) is 16.9 Å². The first kappa shape index (κ1) is 17.2. The van der Waals surface area contributed by atoms with Crippen LogP contribution >= 0.6 is 11.3 Å². The van der Waals surface area contributed by atoms with Gasteiger partial charge < -0.3 is 10.0 Å². The van der Waals surface area contributed by atoms with Crippen LogP contribution in [-0.4, -0.2) is 44.3 Å². The summed E-state index contributed by atoms with van der Waals surface area (Å²) in [7, 11) is 0. The van der Waals surface area contributed by atoms with Crippen LogP contribution in [0, 0.1) is 0 Å². The number of hydrogen-bond donors (Lipinski definition) is 2. The Balaban J connectivity index is 1.38. The van der Waals surface area contributed by atoms with Gasteiger partial charge in [-0.25, -0.2) is 4.79 Å². The van der Waals surface area contributed by atoms with Crippen LogP contribution in [0.3, 0.4) is 0 Å². The standard InChI is InChI=1S/C19H17N5O2S/c25-15-6-4-13(5-7-15)14-8-11-24(12-9-14)19(26)21-18-23-22-17(27-18)16-3-1-2-10-20-16/h1-8,10,25H,9,11-12H2,(H,21,23,26). The lowest BCUT2D eigenvalue weighted by molar-refractivity contribution is 0.217. The second kappa shape index (κ2) is 7.55. The van der Waals surface area contributed by atoms with Gasteiger partial charge in [-0.05, 0) is 41.8 Å². The largest absolute Gasteiger partial charge is 0.508 e. The maximum atomic E-state index is 12.5. The fourth-order valence-corrected chi connectivity index (χ4v) is 3.54. The number of carbonyl (C=O) groups is 1. The molecule has 3 heterocycles. The molecule has 0 unspecified atom stereocenters. The van der Waals surface area contributed by atoms with E-state index in [1.807, 2.05) is 36.4 Å². The zero-order valence-corrected chi connectivity index (χ0v) is 15.2. The molecule has 2 amide bonds. The molecular formula is C19H17N5O2S. The highest BCUT2D eigenvalue weighted by Crippen LogP contribution is 2.26. The van der Waals surface area contributed by atoms with Gasteiger partial charge in [0.2, 0.25) is 5.13 Å². The summed E-state index contributed by atoms with van der Waals surface area (Å²) >= 11 is 1.29. The highest BCUT2D eigenvalue weighted by Gasteiger charge is 2.19. The van der Waals surface area contributed by atoms with Crippen molar-refractivity contribution in [1.29, 1.82) is 0 Å². The number of aromatic hydroxyl groups is 1. The fourth-order valence-electron chi connectivity index (χ4n) is 2.83. The van der Waals surface area contributed by atoms with Crippen LogP contribution in [0.1, 0.15) is 12.0 Å². The van der Waals surface area contributed by atoms with Crippen LogP contribution in [0.4, 0.5) is 9.93 Å². The minimum absolute atomic E-state index is 0.195. The number of phenolic OH excluding ortho intramolecular Hbond substituents is 1. The SMILES string of the molecule is O=C(Nc1nnc(-c2ccccn2)s1)N1CC=C(c2ccc(O)cc2)CC1. The van der Waals surface area contributed by atoms with E-state index in [9.17, 15) is 9.90 Å². The highest BCUT2D eigenvalue weighted by atomic mass is 32.1. The topological polar surface area (TPSA) is 91.2 Å². The molecule has 2 N–H and O–H groups in total. The molecule has 7 nitrogen and oxygen atoms in total. The number of anilines is 1. The molecule has 0 saturated heterocycles. The Morgan fingerprint density at radius 3 is 2.70 bits per heavy atom. The first-order valence-corrected chi connectivity index (χ1v) is 9.30. The number of nitrogens with one attached hydrogen (secondary N) is 1. The third-order valence-electron chi connectivity index (χ3n) is 4.26. The first-order chi connectivity index (χ1) is 13.2. The van der Waals surface area contributed by atoms with Gasteiger partial charge in [-0.15, -0.1) is 10.2 Å². The van der Waals surface area contributed by atoms with Crippen molar-refractivity contribution in [3.8, 4) is 16.5 Å². The molecule has 1 aliphatic rings. The number of hydrogen-bond acceptors (Lipinski definition) is 6. The number of rotatable bonds is 3. The van der Waals surface area contributed by atoms with Gasteiger partial charge in [0.25, 0.3) is 0 Å². The zero-order valence-electron chi connectivity index (χ0n) is 14.4. The molecule has 0 spiro atoms. The number of benzene rings is 1. The molecule has 0 atom stereocenters. The second-order valence-corrected chi connectivity index (χ2v) is 7.01. The van der Waals surface area contributed by atoms with Crippen molar-refractivity contribution in [3.05, 3.63) is 60.3 Å². The Kier molecular flexibility index (Phi) is 4.80. The summed E-state index contributed by atoms with van der Waals surface area (Å²) in [5.74, 6) is 0.248. The zero-order chi connectivity index (χ0) is 18.6. The van der Waals surface area contributed by atoms with Crippen molar-refractivity contribution < 1.29 is 9.90 Å². The monoisotopic (exact) mass is 379 g/mol. The predicted molar refractivity (Wildman–Crippen MR) is 104 cm³/mol. The molecule has 8 heteroatoms. The maximum Gasteiger partial charge on any atom is 0.323 e. The molecule has 0 saturated carbocycles.